The summed E-state index contributed by atoms with van der Waals surface area (Å²) in [5.41, 5.74) is 1.58. The van der Waals surface area contributed by atoms with Crippen LogP contribution in [0.4, 0.5) is 0 Å². The second-order valence-electron chi connectivity index (χ2n) is 4.00. The fourth-order valence-electron chi connectivity index (χ4n) is 0.948. The summed E-state index contributed by atoms with van der Waals surface area (Å²) in [6.07, 6.45) is 5.63. The zero-order valence-electron chi connectivity index (χ0n) is 8.11. The van der Waals surface area contributed by atoms with E-state index in [1.165, 1.54) is 18.4 Å². The van der Waals surface area contributed by atoms with Crippen molar-refractivity contribution in [2.45, 2.75) is 40.0 Å². The van der Waals surface area contributed by atoms with Gasteiger partial charge in [0.1, 0.15) is 0 Å². The van der Waals surface area contributed by atoms with Gasteiger partial charge < -0.3 is 0 Å². The molecule has 0 N–H and O–H groups in total. The number of allylic oxidation sites excluding steroid dienone is 2. The molecule has 0 fully saturated rings. The third kappa shape index (κ3) is 5.90. The van der Waals surface area contributed by atoms with Crippen LogP contribution >= 0.6 is 0 Å². The molecular weight excluding hydrogens is 132 g/mol. The van der Waals surface area contributed by atoms with Crippen molar-refractivity contribution in [2.24, 2.45) is 5.41 Å². The molecule has 0 aromatic carbocycles. The third-order valence-electron chi connectivity index (χ3n) is 1.98. The van der Waals surface area contributed by atoms with Crippen molar-refractivity contribution in [1.82, 2.24) is 0 Å². The highest BCUT2D eigenvalue weighted by atomic mass is 14.2. The molecular formula is C11H20. The Balaban J connectivity index is 3.53. The van der Waals surface area contributed by atoms with Crippen LogP contribution in [-0.2, 0) is 0 Å². The molecule has 0 aliphatic heterocycles. The molecule has 11 heavy (non-hydrogen) atoms. The molecule has 0 aliphatic rings. The topological polar surface area (TPSA) is 0 Å². The first-order chi connectivity index (χ1) is 4.98. The molecule has 0 nitrogen and oxygen atoms in total. The summed E-state index contributed by atoms with van der Waals surface area (Å²) in [4.78, 5) is 0. The smallest absolute Gasteiger partial charge is 0.0177 e. The molecule has 0 heterocycles. The lowest BCUT2D eigenvalue weighted by Gasteiger charge is -2.18. The van der Waals surface area contributed by atoms with Crippen molar-refractivity contribution >= 4 is 0 Å². The summed E-state index contributed by atoms with van der Waals surface area (Å²) < 4.78 is 0. The Morgan fingerprint density at radius 3 is 2.36 bits per heavy atom. The first-order valence-electron chi connectivity index (χ1n) is 4.26. The van der Waals surface area contributed by atoms with Crippen LogP contribution in [0.1, 0.15) is 40.0 Å². The Kier molecular flexibility index (Phi) is 4.17. The highest BCUT2D eigenvalue weighted by Crippen LogP contribution is 2.24. The number of hydrogen-bond donors (Lipinski definition) is 0. The average Bonchev–Trinajstić information content (AvgIpc) is 1.87. The van der Waals surface area contributed by atoms with Gasteiger partial charge in [-0.2, -0.15) is 0 Å². The number of hydrogen-bond acceptors (Lipinski definition) is 0. The fourth-order valence-corrected chi connectivity index (χ4v) is 0.948. The van der Waals surface area contributed by atoms with Gasteiger partial charge in [-0.05, 0) is 31.6 Å². The van der Waals surface area contributed by atoms with Crippen LogP contribution in [0.15, 0.2) is 24.8 Å². The van der Waals surface area contributed by atoms with Crippen molar-refractivity contribution in [3.05, 3.63) is 24.8 Å². The molecule has 0 saturated heterocycles. The van der Waals surface area contributed by atoms with Crippen LogP contribution in [0, 0.1) is 5.41 Å². The van der Waals surface area contributed by atoms with Crippen molar-refractivity contribution in [3.8, 4) is 0 Å². The summed E-state index contributed by atoms with van der Waals surface area (Å²) in [7, 11) is 0. The highest BCUT2D eigenvalue weighted by Gasteiger charge is 2.11. The van der Waals surface area contributed by atoms with Crippen LogP contribution in [0.5, 0.6) is 0 Å². The molecule has 0 aliphatic carbocycles. The van der Waals surface area contributed by atoms with Gasteiger partial charge in [0, 0.05) is 0 Å². The molecule has 0 rings (SSSR count). The predicted molar refractivity (Wildman–Crippen MR) is 52.6 cm³/mol. The molecule has 0 unspecified atom stereocenters. The normalized spacial score (nSPS) is 11.2. The van der Waals surface area contributed by atoms with Crippen LogP contribution in [-0.4, -0.2) is 0 Å². The largest absolute Gasteiger partial charge is 0.103 e. The van der Waals surface area contributed by atoms with E-state index >= 15 is 0 Å². The van der Waals surface area contributed by atoms with E-state index in [-0.39, 0.29) is 0 Å². The average molecular weight is 152 g/mol. The Bertz CT molecular complexity index is 140. The second-order valence-corrected chi connectivity index (χ2v) is 4.00. The summed E-state index contributed by atoms with van der Waals surface area (Å²) in [6, 6.07) is 0. The molecule has 0 radical (unpaired) electrons. The van der Waals surface area contributed by atoms with Crippen LogP contribution in [0.2, 0.25) is 0 Å². The molecule has 0 spiro atoms. The molecule has 0 saturated carbocycles. The fraction of sp³-hybridized carbons (Fsp3) is 0.636. The summed E-state index contributed by atoms with van der Waals surface area (Å²) in [6.45, 7) is 14.2. The summed E-state index contributed by atoms with van der Waals surface area (Å²) in [5.74, 6) is 0. The van der Waals surface area contributed by atoms with Crippen molar-refractivity contribution < 1.29 is 0 Å². The number of rotatable bonds is 5. The van der Waals surface area contributed by atoms with Crippen LogP contribution in [0.3, 0.4) is 0 Å². The van der Waals surface area contributed by atoms with E-state index < -0.39 is 0 Å². The second kappa shape index (κ2) is 4.38. The lowest BCUT2D eigenvalue weighted by molar-refractivity contribution is 0.422. The van der Waals surface area contributed by atoms with E-state index in [0.29, 0.717) is 5.41 Å². The van der Waals surface area contributed by atoms with E-state index in [9.17, 15) is 0 Å². The standard InChI is InChI=1S/C11H20/c1-6-11(4,5)9-7-8-10(2)3/h6H,1-2,7-9H2,3-5H3. The molecule has 0 atom stereocenters. The van der Waals surface area contributed by atoms with Crippen molar-refractivity contribution in [3.63, 3.8) is 0 Å². The maximum absolute atomic E-state index is 3.87. The molecule has 0 aromatic rings. The van der Waals surface area contributed by atoms with Gasteiger partial charge in [-0.3, -0.25) is 0 Å². The summed E-state index contributed by atoms with van der Waals surface area (Å²) >= 11 is 0. The van der Waals surface area contributed by atoms with E-state index in [1.54, 1.807) is 0 Å². The molecule has 0 amide bonds. The van der Waals surface area contributed by atoms with Crippen LogP contribution < -0.4 is 0 Å². The maximum Gasteiger partial charge on any atom is -0.0177 e. The van der Waals surface area contributed by atoms with E-state index in [4.69, 9.17) is 0 Å². The predicted octanol–water partition coefficient (Wildman–Crippen LogP) is 3.95. The SMILES string of the molecule is C=CC(C)(C)CCCC(=C)C. The van der Waals surface area contributed by atoms with Crippen LogP contribution in [0.25, 0.3) is 0 Å². The van der Waals surface area contributed by atoms with E-state index in [0.717, 1.165) is 6.42 Å². The van der Waals surface area contributed by atoms with E-state index in [1.807, 2.05) is 6.08 Å². The van der Waals surface area contributed by atoms with Gasteiger partial charge in [-0.1, -0.05) is 25.5 Å². The van der Waals surface area contributed by atoms with Gasteiger partial charge in [0.2, 0.25) is 0 Å². The van der Waals surface area contributed by atoms with E-state index in [2.05, 4.69) is 33.9 Å². The Labute approximate surface area is 71.0 Å². The lowest BCUT2D eigenvalue weighted by atomic mass is 9.87. The van der Waals surface area contributed by atoms with Gasteiger partial charge in [0.25, 0.3) is 0 Å². The minimum atomic E-state index is 0.301. The third-order valence-corrected chi connectivity index (χ3v) is 1.98. The molecule has 64 valence electrons. The van der Waals surface area contributed by atoms with Gasteiger partial charge in [-0.15, -0.1) is 13.2 Å². The first-order valence-corrected chi connectivity index (χ1v) is 4.26. The molecule has 0 aromatic heterocycles. The Hall–Kier alpha value is -0.520. The molecule has 0 bridgehead atoms. The maximum atomic E-state index is 3.87. The van der Waals surface area contributed by atoms with Gasteiger partial charge in [-0.25, -0.2) is 0 Å². The van der Waals surface area contributed by atoms with Crippen molar-refractivity contribution in [2.75, 3.05) is 0 Å². The van der Waals surface area contributed by atoms with Crippen molar-refractivity contribution in [1.29, 1.82) is 0 Å². The highest BCUT2D eigenvalue weighted by molar-refractivity contribution is 4.91. The molecule has 0 heteroatoms. The monoisotopic (exact) mass is 152 g/mol. The Morgan fingerprint density at radius 1 is 1.45 bits per heavy atom. The lowest BCUT2D eigenvalue weighted by Crippen LogP contribution is -2.05. The quantitative estimate of drug-likeness (QED) is 0.523. The zero-order valence-corrected chi connectivity index (χ0v) is 8.11. The first kappa shape index (κ1) is 10.5. The van der Waals surface area contributed by atoms with Gasteiger partial charge in [0.05, 0.1) is 0 Å². The zero-order chi connectivity index (χ0) is 8.91. The van der Waals surface area contributed by atoms with Gasteiger partial charge in [0.15, 0.2) is 0 Å². The minimum Gasteiger partial charge on any atom is -0.103 e. The minimum absolute atomic E-state index is 0.301. The van der Waals surface area contributed by atoms with Gasteiger partial charge >= 0.3 is 0 Å². The Morgan fingerprint density at radius 2 is 2.00 bits per heavy atom. The summed E-state index contributed by atoms with van der Waals surface area (Å²) in [5, 5.41) is 0.